The normalized spacial score (nSPS) is 11.4. The molecular formula is C28H58O. The van der Waals surface area contributed by atoms with Gasteiger partial charge in [0, 0.05) is 13.2 Å². The largest absolute Gasteiger partial charge is 0.381 e. The van der Waals surface area contributed by atoms with Crippen molar-refractivity contribution >= 4 is 0 Å². The summed E-state index contributed by atoms with van der Waals surface area (Å²) in [4.78, 5) is 0. The Morgan fingerprint density at radius 2 is 0.483 bits per heavy atom. The molecule has 0 aromatic heterocycles. The first-order valence-electron chi connectivity index (χ1n) is 14.0. The van der Waals surface area contributed by atoms with Crippen molar-refractivity contribution < 1.29 is 4.74 Å². The highest BCUT2D eigenvalue weighted by atomic mass is 16.5. The lowest BCUT2D eigenvalue weighted by Gasteiger charge is -2.05. The standard InChI is InChI=1S/C28H58O/c1-3-5-7-9-11-12-13-14-15-16-17-18-19-20-21-22-24-26-28-29-27-25-23-10-8-6-4-2/h3-28H2,1-2H3. The molecule has 0 aromatic rings. The molecule has 0 saturated heterocycles. The van der Waals surface area contributed by atoms with E-state index >= 15 is 0 Å². The molecule has 0 unspecified atom stereocenters. The van der Waals surface area contributed by atoms with Crippen molar-refractivity contribution in [2.45, 2.75) is 168 Å². The van der Waals surface area contributed by atoms with Crippen LogP contribution in [0.3, 0.4) is 0 Å². The van der Waals surface area contributed by atoms with E-state index in [1.807, 2.05) is 0 Å². The van der Waals surface area contributed by atoms with Gasteiger partial charge in [0.15, 0.2) is 0 Å². The number of ether oxygens (including phenoxy) is 1. The van der Waals surface area contributed by atoms with Crippen LogP contribution >= 0.6 is 0 Å². The third kappa shape index (κ3) is 28.0. The molecule has 0 aromatic carbocycles. The van der Waals surface area contributed by atoms with Gasteiger partial charge in [0.05, 0.1) is 0 Å². The zero-order valence-corrected chi connectivity index (χ0v) is 20.8. The maximum absolute atomic E-state index is 5.77. The maximum atomic E-state index is 5.77. The molecule has 0 fully saturated rings. The highest BCUT2D eigenvalue weighted by Crippen LogP contribution is 2.14. The minimum Gasteiger partial charge on any atom is -0.381 e. The van der Waals surface area contributed by atoms with Crippen LogP contribution < -0.4 is 0 Å². The lowest BCUT2D eigenvalue weighted by atomic mass is 10.0. The van der Waals surface area contributed by atoms with Gasteiger partial charge in [-0.15, -0.1) is 0 Å². The molecule has 1 nitrogen and oxygen atoms in total. The molecule has 0 aliphatic heterocycles. The lowest BCUT2D eigenvalue weighted by molar-refractivity contribution is 0.125. The van der Waals surface area contributed by atoms with Crippen LogP contribution in [0.1, 0.15) is 168 Å². The van der Waals surface area contributed by atoms with Crippen LogP contribution in [0.5, 0.6) is 0 Å². The van der Waals surface area contributed by atoms with E-state index in [4.69, 9.17) is 4.74 Å². The van der Waals surface area contributed by atoms with E-state index in [9.17, 15) is 0 Å². The Hall–Kier alpha value is -0.0400. The summed E-state index contributed by atoms with van der Waals surface area (Å²) in [5.41, 5.74) is 0. The maximum Gasteiger partial charge on any atom is 0.0466 e. The van der Waals surface area contributed by atoms with Crippen molar-refractivity contribution in [3.05, 3.63) is 0 Å². The molecule has 0 radical (unpaired) electrons. The molecule has 0 atom stereocenters. The van der Waals surface area contributed by atoms with Crippen molar-refractivity contribution in [3.63, 3.8) is 0 Å². The Morgan fingerprint density at radius 3 is 0.724 bits per heavy atom. The molecule has 0 bridgehead atoms. The van der Waals surface area contributed by atoms with Gasteiger partial charge in [-0.3, -0.25) is 0 Å². The van der Waals surface area contributed by atoms with Crippen molar-refractivity contribution in [1.82, 2.24) is 0 Å². The third-order valence-electron chi connectivity index (χ3n) is 6.28. The van der Waals surface area contributed by atoms with Gasteiger partial charge in [-0.1, -0.05) is 155 Å². The summed E-state index contributed by atoms with van der Waals surface area (Å²) in [6.45, 7) is 6.57. The van der Waals surface area contributed by atoms with Gasteiger partial charge in [-0.25, -0.2) is 0 Å². The van der Waals surface area contributed by atoms with Crippen LogP contribution in [0, 0.1) is 0 Å². The van der Waals surface area contributed by atoms with Gasteiger partial charge in [-0.2, -0.15) is 0 Å². The first-order chi connectivity index (χ1) is 14.4. The van der Waals surface area contributed by atoms with E-state index < -0.39 is 0 Å². The first-order valence-corrected chi connectivity index (χ1v) is 14.0. The summed E-state index contributed by atoms with van der Waals surface area (Å²) in [5, 5.41) is 0. The van der Waals surface area contributed by atoms with Gasteiger partial charge in [0.2, 0.25) is 0 Å². The smallest absolute Gasteiger partial charge is 0.0466 e. The first kappa shape index (κ1) is 29.0. The fourth-order valence-corrected chi connectivity index (χ4v) is 4.19. The Balaban J connectivity index is 2.97. The number of hydrogen-bond donors (Lipinski definition) is 0. The fraction of sp³-hybridized carbons (Fsp3) is 1.00. The van der Waals surface area contributed by atoms with Gasteiger partial charge in [-0.05, 0) is 12.8 Å². The summed E-state index contributed by atoms with van der Waals surface area (Å²) in [7, 11) is 0. The molecule has 0 amide bonds. The van der Waals surface area contributed by atoms with Gasteiger partial charge in [0.1, 0.15) is 0 Å². The summed E-state index contributed by atoms with van der Waals surface area (Å²) < 4.78 is 5.77. The van der Waals surface area contributed by atoms with Crippen LogP contribution in [0.2, 0.25) is 0 Å². The number of unbranched alkanes of at least 4 members (excludes halogenated alkanes) is 22. The Bertz CT molecular complexity index is 237. The highest BCUT2D eigenvalue weighted by molar-refractivity contribution is 4.50. The predicted octanol–water partition coefficient (Wildman–Crippen LogP) is 10.4. The average molecular weight is 411 g/mol. The molecule has 0 aliphatic carbocycles. The Kier molecular flexibility index (Phi) is 27.9. The molecule has 0 saturated carbocycles. The monoisotopic (exact) mass is 410 g/mol. The van der Waals surface area contributed by atoms with E-state index in [0.717, 1.165) is 13.2 Å². The van der Waals surface area contributed by atoms with Crippen molar-refractivity contribution in [3.8, 4) is 0 Å². The third-order valence-corrected chi connectivity index (χ3v) is 6.28. The minimum atomic E-state index is 0.991. The molecule has 0 aliphatic rings. The molecule has 0 rings (SSSR count). The SMILES string of the molecule is CCCCCCCCCCCCCCCCCCCCOCCCCCCCC. The number of hydrogen-bond acceptors (Lipinski definition) is 1. The van der Waals surface area contributed by atoms with Crippen LogP contribution in [-0.2, 0) is 4.74 Å². The Morgan fingerprint density at radius 1 is 0.276 bits per heavy atom. The predicted molar refractivity (Wildman–Crippen MR) is 133 cm³/mol. The minimum absolute atomic E-state index is 0.991. The van der Waals surface area contributed by atoms with Gasteiger partial charge in [0.25, 0.3) is 0 Å². The number of rotatable bonds is 26. The fourth-order valence-electron chi connectivity index (χ4n) is 4.19. The summed E-state index contributed by atoms with van der Waals surface area (Å²) in [5.74, 6) is 0. The van der Waals surface area contributed by atoms with Crippen LogP contribution in [0.15, 0.2) is 0 Å². The topological polar surface area (TPSA) is 9.23 Å². The lowest BCUT2D eigenvalue weighted by Crippen LogP contribution is -1.97. The van der Waals surface area contributed by atoms with E-state index in [-0.39, 0.29) is 0 Å². The van der Waals surface area contributed by atoms with Crippen molar-refractivity contribution in [2.75, 3.05) is 13.2 Å². The second-order valence-electron chi connectivity index (χ2n) is 9.39. The van der Waals surface area contributed by atoms with Gasteiger partial charge >= 0.3 is 0 Å². The van der Waals surface area contributed by atoms with E-state index in [2.05, 4.69) is 13.8 Å². The van der Waals surface area contributed by atoms with Crippen LogP contribution in [0.25, 0.3) is 0 Å². The zero-order valence-electron chi connectivity index (χ0n) is 20.8. The molecular weight excluding hydrogens is 352 g/mol. The van der Waals surface area contributed by atoms with E-state index in [0.29, 0.717) is 0 Å². The molecule has 1 heteroatoms. The summed E-state index contributed by atoms with van der Waals surface area (Å²) >= 11 is 0. The zero-order chi connectivity index (χ0) is 21.1. The van der Waals surface area contributed by atoms with Gasteiger partial charge < -0.3 is 4.74 Å². The second kappa shape index (κ2) is 28.0. The quantitative estimate of drug-likeness (QED) is 0.129. The second-order valence-corrected chi connectivity index (χ2v) is 9.39. The molecule has 29 heavy (non-hydrogen) atoms. The van der Waals surface area contributed by atoms with E-state index in [1.54, 1.807) is 0 Å². The summed E-state index contributed by atoms with van der Waals surface area (Å²) in [6, 6.07) is 0. The molecule has 0 spiro atoms. The molecule has 0 heterocycles. The Labute approximate surface area is 186 Å². The van der Waals surface area contributed by atoms with Crippen LogP contribution in [0.4, 0.5) is 0 Å². The van der Waals surface area contributed by atoms with Crippen molar-refractivity contribution in [1.29, 1.82) is 0 Å². The molecule has 0 N–H and O–H groups in total. The van der Waals surface area contributed by atoms with E-state index in [1.165, 1.54) is 154 Å². The summed E-state index contributed by atoms with van der Waals surface area (Å²) in [6.07, 6.45) is 34.2. The average Bonchev–Trinajstić information content (AvgIpc) is 2.74. The van der Waals surface area contributed by atoms with Crippen LogP contribution in [-0.4, -0.2) is 13.2 Å². The highest BCUT2D eigenvalue weighted by Gasteiger charge is 1.96. The molecule has 176 valence electrons. The van der Waals surface area contributed by atoms with Crippen molar-refractivity contribution in [2.24, 2.45) is 0 Å².